The smallest absolute Gasteiger partial charge is 0.264 e. The van der Waals surface area contributed by atoms with E-state index in [1.807, 2.05) is 20.8 Å². The maximum atomic E-state index is 12.4. The van der Waals surface area contributed by atoms with Crippen molar-refractivity contribution in [1.29, 1.82) is 0 Å². The summed E-state index contributed by atoms with van der Waals surface area (Å²) in [6, 6.07) is 5.02. The fourth-order valence-electron chi connectivity index (χ4n) is 2.58. The minimum atomic E-state index is -0.478. The van der Waals surface area contributed by atoms with Crippen LogP contribution in [-0.4, -0.2) is 22.3 Å². The second kappa shape index (κ2) is 4.12. The number of benzene rings is 1. The molecule has 1 aliphatic rings. The molecule has 1 aromatic rings. The summed E-state index contributed by atoms with van der Waals surface area (Å²) < 4.78 is 0. The number of imide groups is 1. The first kappa shape index (κ1) is 12.6. The van der Waals surface area contributed by atoms with Crippen molar-refractivity contribution in [2.75, 3.05) is 5.73 Å². The number of amides is 2. The fraction of sp³-hybridized carbons (Fsp3) is 0.429. The van der Waals surface area contributed by atoms with Crippen molar-refractivity contribution in [1.82, 2.24) is 4.90 Å². The molecule has 96 valence electrons. The first-order valence-electron chi connectivity index (χ1n) is 6.17. The van der Waals surface area contributed by atoms with Gasteiger partial charge in [0, 0.05) is 11.2 Å². The second-order valence-corrected chi connectivity index (χ2v) is 5.28. The van der Waals surface area contributed by atoms with Gasteiger partial charge in [-0.2, -0.15) is 0 Å². The Labute approximate surface area is 107 Å². The molecular formula is C14H18N2O2. The summed E-state index contributed by atoms with van der Waals surface area (Å²) in [6.07, 6.45) is 1.69. The molecule has 2 rings (SSSR count). The van der Waals surface area contributed by atoms with Crippen LogP contribution in [0.15, 0.2) is 18.2 Å². The number of carbonyl (C=O) groups excluding carboxylic acids is 2. The molecule has 18 heavy (non-hydrogen) atoms. The number of rotatable bonds is 3. The molecule has 0 atom stereocenters. The van der Waals surface area contributed by atoms with Crippen molar-refractivity contribution >= 4 is 17.5 Å². The summed E-state index contributed by atoms with van der Waals surface area (Å²) in [5.74, 6) is -0.507. The van der Waals surface area contributed by atoms with E-state index in [1.165, 1.54) is 4.90 Å². The van der Waals surface area contributed by atoms with E-state index in [2.05, 4.69) is 0 Å². The molecule has 4 nitrogen and oxygen atoms in total. The van der Waals surface area contributed by atoms with Crippen LogP contribution in [0.3, 0.4) is 0 Å². The lowest BCUT2D eigenvalue weighted by Crippen LogP contribution is -2.47. The van der Waals surface area contributed by atoms with Crippen LogP contribution < -0.4 is 5.73 Å². The number of nitrogens with two attached hydrogens (primary N) is 1. The van der Waals surface area contributed by atoms with Crippen LogP contribution in [-0.2, 0) is 0 Å². The minimum Gasteiger partial charge on any atom is -0.398 e. The summed E-state index contributed by atoms with van der Waals surface area (Å²) in [7, 11) is 0. The molecule has 0 aromatic heterocycles. The van der Waals surface area contributed by atoms with Gasteiger partial charge in [-0.1, -0.05) is 19.4 Å². The molecule has 0 aliphatic carbocycles. The lowest BCUT2D eigenvalue weighted by Gasteiger charge is -2.33. The topological polar surface area (TPSA) is 63.4 Å². The molecule has 1 heterocycles. The predicted octanol–water partition coefficient (Wildman–Crippen LogP) is 2.44. The van der Waals surface area contributed by atoms with Crippen molar-refractivity contribution in [2.24, 2.45) is 0 Å². The zero-order chi connectivity index (χ0) is 13.5. The molecule has 2 N–H and O–H groups in total. The Morgan fingerprint density at radius 2 is 1.89 bits per heavy atom. The largest absolute Gasteiger partial charge is 0.398 e. The van der Waals surface area contributed by atoms with Crippen molar-refractivity contribution in [2.45, 2.75) is 39.2 Å². The molecule has 0 saturated heterocycles. The van der Waals surface area contributed by atoms with Crippen LogP contribution >= 0.6 is 0 Å². The van der Waals surface area contributed by atoms with Gasteiger partial charge in [0.25, 0.3) is 11.8 Å². The van der Waals surface area contributed by atoms with E-state index in [1.54, 1.807) is 18.2 Å². The summed E-state index contributed by atoms with van der Waals surface area (Å²) in [6.45, 7) is 5.86. The number of fused-ring (bicyclic) bond motifs is 1. The molecule has 0 radical (unpaired) electrons. The monoisotopic (exact) mass is 246 g/mol. The first-order chi connectivity index (χ1) is 8.40. The number of nitrogen functional groups attached to an aromatic ring is 1. The van der Waals surface area contributed by atoms with E-state index in [4.69, 9.17) is 5.73 Å². The Morgan fingerprint density at radius 1 is 1.22 bits per heavy atom. The third-order valence-electron chi connectivity index (χ3n) is 3.41. The van der Waals surface area contributed by atoms with Crippen LogP contribution in [0, 0.1) is 0 Å². The van der Waals surface area contributed by atoms with Crippen molar-refractivity contribution in [3.8, 4) is 0 Å². The summed E-state index contributed by atoms with van der Waals surface area (Å²) in [5.41, 5.74) is 6.48. The van der Waals surface area contributed by atoms with Gasteiger partial charge < -0.3 is 5.73 Å². The van der Waals surface area contributed by atoms with E-state index < -0.39 is 5.54 Å². The van der Waals surface area contributed by atoms with Crippen LogP contribution in [0.1, 0.15) is 54.3 Å². The van der Waals surface area contributed by atoms with Gasteiger partial charge in [-0.3, -0.25) is 14.5 Å². The van der Waals surface area contributed by atoms with Gasteiger partial charge in [-0.15, -0.1) is 0 Å². The van der Waals surface area contributed by atoms with E-state index in [0.29, 0.717) is 16.8 Å². The van der Waals surface area contributed by atoms with Crippen LogP contribution in [0.4, 0.5) is 5.69 Å². The van der Waals surface area contributed by atoms with Crippen LogP contribution in [0.5, 0.6) is 0 Å². The number of hydrogen-bond donors (Lipinski definition) is 1. The Hall–Kier alpha value is -1.84. The highest BCUT2D eigenvalue weighted by Crippen LogP contribution is 2.34. The van der Waals surface area contributed by atoms with Gasteiger partial charge in [0.15, 0.2) is 0 Å². The highest BCUT2D eigenvalue weighted by molar-refractivity contribution is 6.24. The third kappa shape index (κ3) is 1.68. The van der Waals surface area contributed by atoms with E-state index in [0.717, 1.165) is 12.8 Å². The SMILES string of the molecule is CCCC(C)(C)N1C(=O)c2cccc(N)c2C1=O. The molecule has 0 unspecified atom stereocenters. The summed E-state index contributed by atoms with van der Waals surface area (Å²) in [4.78, 5) is 26.0. The molecule has 0 bridgehead atoms. The normalized spacial score (nSPS) is 15.2. The Kier molecular flexibility index (Phi) is 2.89. The quantitative estimate of drug-likeness (QED) is 0.658. The molecule has 0 fully saturated rings. The maximum Gasteiger partial charge on any atom is 0.264 e. The number of carbonyl (C=O) groups is 2. The van der Waals surface area contributed by atoms with Gasteiger partial charge in [-0.05, 0) is 32.4 Å². The lowest BCUT2D eigenvalue weighted by molar-refractivity contribution is 0.0466. The van der Waals surface area contributed by atoms with Crippen molar-refractivity contribution < 1.29 is 9.59 Å². The molecule has 1 aromatic carbocycles. The molecule has 2 amide bonds. The second-order valence-electron chi connectivity index (χ2n) is 5.28. The van der Waals surface area contributed by atoms with Crippen molar-refractivity contribution in [3.05, 3.63) is 29.3 Å². The Balaban J connectivity index is 2.50. The van der Waals surface area contributed by atoms with Crippen molar-refractivity contribution in [3.63, 3.8) is 0 Å². The molecular weight excluding hydrogens is 228 g/mol. The number of anilines is 1. The average molecular weight is 246 g/mol. The van der Waals surface area contributed by atoms with Crippen LogP contribution in [0.2, 0.25) is 0 Å². The standard InChI is InChI=1S/C14H18N2O2/c1-4-8-14(2,3)16-12(17)9-6-5-7-10(15)11(9)13(16)18/h5-7H,4,8,15H2,1-3H3. The average Bonchev–Trinajstić information content (AvgIpc) is 2.53. The van der Waals surface area contributed by atoms with E-state index >= 15 is 0 Å². The molecule has 1 aliphatic heterocycles. The lowest BCUT2D eigenvalue weighted by atomic mass is 9.96. The summed E-state index contributed by atoms with van der Waals surface area (Å²) >= 11 is 0. The Bertz CT molecular complexity index is 521. The number of nitrogens with zero attached hydrogens (tertiary/aromatic N) is 1. The van der Waals surface area contributed by atoms with Gasteiger partial charge in [-0.25, -0.2) is 0 Å². The van der Waals surface area contributed by atoms with Gasteiger partial charge in [0.2, 0.25) is 0 Å². The van der Waals surface area contributed by atoms with Gasteiger partial charge in [0.1, 0.15) is 0 Å². The third-order valence-corrected chi connectivity index (χ3v) is 3.41. The highest BCUT2D eigenvalue weighted by atomic mass is 16.2. The molecule has 0 saturated carbocycles. The molecule has 0 spiro atoms. The van der Waals surface area contributed by atoms with Gasteiger partial charge >= 0.3 is 0 Å². The molecule has 4 heteroatoms. The van der Waals surface area contributed by atoms with Gasteiger partial charge in [0.05, 0.1) is 11.1 Å². The highest BCUT2D eigenvalue weighted by Gasteiger charge is 2.44. The first-order valence-corrected chi connectivity index (χ1v) is 6.17. The zero-order valence-electron chi connectivity index (χ0n) is 11.0. The zero-order valence-corrected chi connectivity index (χ0v) is 11.0. The Morgan fingerprint density at radius 3 is 2.44 bits per heavy atom. The predicted molar refractivity (Wildman–Crippen MR) is 70.3 cm³/mol. The summed E-state index contributed by atoms with van der Waals surface area (Å²) in [5, 5.41) is 0. The van der Waals surface area contributed by atoms with Crippen LogP contribution in [0.25, 0.3) is 0 Å². The minimum absolute atomic E-state index is 0.235. The van der Waals surface area contributed by atoms with E-state index in [9.17, 15) is 9.59 Å². The number of hydrogen-bond acceptors (Lipinski definition) is 3. The fourth-order valence-corrected chi connectivity index (χ4v) is 2.58. The maximum absolute atomic E-state index is 12.4. The van der Waals surface area contributed by atoms with E-state index in [-0.39, 0.29) is 11.8 Å².